The number of methoxy groups -OCH3 is 1. The summed E-state index contributed by atoms with van der Waals surface area (Å²) in [5, 5.41) is 0. The third kappa shape index (κ3) is 7.75. The van der Waals surface area contributed by atoms with Crippen molar-refractivity contribution in [3.8, 4) is 11.5 Å². The number of piperazine rings is 1. The number of amides is 1. The predicted octanol–water partition coefficient (Wildman–Crippen LogP) is 6.38. The number of hydrogen-bond donors (Lipinski definition) is 0. The number of nitrogens with zero attached hydrogens (tertiary/aromatic N) is 4. The number of aromatic nitrogens is 2. The highest BCUT2D eigenvalue weighted by atomic mass is 19.4. The van der Waals surface area contributed by atoms with Crippen LogP contribution in [0.3, 0.4) is 0 Å². The van der Waals surface area contributed by atoms with Crippen molar-refractivity contribution in [2.75, 3.05) is 33.3 Å². The number of carbonyl (C=O) groups excluding carboxylic acids is 2. The summed E-state index contributed by atoms with van der Waals surface area (Å²) in [5.41, 5.74) is 1.04. The van der Waals surface area contributed by atoms with Gasteiger partial charge in [0.15, 0.2) is 5.82 Å². The Labute approximate surface area is 259 Å². The molecule has 0 spiro atoms. The summed E-state index contributed by atoms with van der Waals surface area (Å²) in [5.74, 6) is 1.33. The van der Waals surface area contributed by atoms with Crippen molar-refractivity contribution >= 4 is 23.0 Å². The largest absolute Gasteiger partial charge is 0.497 e. The number of hydrogen-bond acceptors (Lipinski definition) is 7. The minimum atomic E-state index is -4.36. The van der Waals surface area contributed by atoms with Gasteiger partial charge < -0.3 is 19.1 Å². The molecule has 4 aromatic rings. The number of imidazole rings is 1. The van der Waals surface area contributed by atoms with Gasteiger partial charge in [-0.25, -0.2) is 14.3 Å². The van der Waals surface area contributed by atoms with Crippen LogP contribution in [0.5, 0.6) is 11.5 Å². The Kier molecular flexibility index (Phi) is 9.06. The van der Waals surface area contributed by atoms with Crippen molar-refractivity contribution in [3.05, 3.63) is 89.2 Å². The summed E-state index contributed by atoms with van der Waals surface area (Å²) < 4.78 is 56.8. The van der Waals surface area contributed by atoms with E-state index in [0.29, 0.717) is 66.6 Å². The molecule has 0 saturated carbocycles. The molecule has 1 aromatic heterocycles. The predicted molar refractivity (Wildman–Crippen MR) is 161 cm³/mol. The van der Waals surface area contributed by atoms with E-state index in [0.717, 1.165) is 17.7 Å². The lowest BCUT2D eigenvalue weighted by atomic mass is 10.1. The Morgan fingerprint density at radius 3 is 2.11 bits per heavy atom. The van der Waals surface area contributed by atoms with Crippen LogP contribution in [0.25, 0.3) is 11.0 Å². The van der Waals surface area contributed by atoms with Crippen molar-refractivity contribution in [2.45, 2.75) is 45.7 Å². The SMILES string of the molecule is COc1ccc2c(c1)nc(COc1ccc(C(=O)N3CCN(Cc4ccc(C(F)(F)F)cc4)CC3)cc1)n2C(=O)OC(C)(C)C. The highest BCUT2D eigenvalue weighted by molar-refractivity contribution is 5.94. The van der Waals surface area contributed by atoms with E-state index < -0.39 is 23.4 Å². The average molecular weight is 625 g/mol. The summed E-state index contributed by atoms with van der Waals surface area (Å²) in [7, 11) is 1.55. The van der Waals surface area contributed by atoms with Crippen molar-refractivity contribution in [3.63, 3.8) is 0 Å². The van der Waals surface area contributed by atoms with Gasteiger partial charge in [-0.15, -0.1) is 0 Å². The molecule has 45 heavy (non-hydrogen) atoms. The van der Waals surface area contributed by atoms with E-state index in [9.17, 15) is 22.8 Å². The molecule has 2 heterocycles. The van der Waals surface area contributed by atoms with Crippen LogP contribution in [-0.2, 0) is 24.1 Å². The topological polar surface area (TPSA) is 86.1 Å². The maximum absolute atomic E-state index is 13.2. The fraction of sp³-hybridized carbons (Fsp3) is 0.364. The van der Waals surface area contributed by atoms with Crippen molar-refractivity contribution in [1.82, 2.24) is 19.4 Å². The molecule has 5 rings (SSSR count). The molecule has 0 N–H and O–H groups in total. The van der Waals surface area contributed by atoms with Gasteiger partial charge in [0, 0.05) is 44.4 Å². The third-order valence-electron chi connectivity index (χ3n) is 7.32. The molecule has 1 saturated heterocycles. The normalized spacial score (nSPS) is 14.4. The highest BCUT2D eigenvalue weighted by Crippen LogP contribution is 2.29. The number of rotatable bonds is 7. The number of benzene rings is 3. The number of carbonyl (C=O) groups is 2. The molecule has 0 unspecified atom stereocenters. The fourth-order valence-corrected chi connectivity index (χ4v) is 5.04. The van der Waals surface area contributed by atoms with Crippen molar-refractivity contribution in [2.24, 2.45) is 0 Å². The minimum Gasteiger partial charge on any atom is -0.497 e. The van der Waals surface area contributed by atoms with Gasteiger partial charge in [-0.3, -0.25) is 9.69 Å². The standard InChI is InChI=1S/C33H35F3N4O5/c1-32(2,3)45-31(42)40-28-14-13-26(43-4)19-27(28)37-29(40)21-44-25-11-7-23(8-12-25)30(41)39-17-15-38(16-18-39)20-22-5-9-24(10-6-22)33(34,35)36/h5-14,19H,15-18,20-21H2,1-4H3. The summed E-state index contributed by atoms with van der Waals surface area (Å²) >= 11 is 0. The van der Waals surface area contributed by atoms with E-state index in [4.69, 9.17) is 14.2 Å². The molecule has 9 nitrogen and oxygen atoms in total. The molecule has 3 aromatic carbocycles. The molecule has 1 amide bonds. The van der Waals surface area contributed by atoms with Gasteiger partial charge >= 0.3 is 12.3 Å². The summed E-state index contributed by atoms with van der Waals surface area (Å²) in [6.07, 6.45) is -4.93. The lowest BCUT2D eigenvalue weighted by molar-refractivity contribution is -0.137. The van der Waals surface area contributed by atoms with Crippen molar-refractivity contribution in [1.29, 1.82) is 0 Å². The van der Waals surface area contributed by atoms with Gasteiger partial charge in [0.1, 0.15) is 23.7 Å². The molecule has 1 fully saturated rings. The summed E-state index contributed by atoms with van der Waals surface area (Å²) in [4.78, 5) is 34.7. The second-order valence-corrected chi connectivity index (χ2v) is 11.8. The average Bonchev–Trinajstić information content (AvgIpc) is 3.37. The maximum Gasteiger partial charge on any atom is 0.420 e. The van der Waals surface area contributed by atoms with Crippen LogP contribution in [0.1, 0.15) is 48.1 Å². The van der Waals surface area contributed by atoms with Gasteiger partial charge in [0.25, 0.3) is 5.91 Å². The number of alkyl halides is 3. The summed E-state index contributed by atoms with van der Waals surface area (Å²) in [6, 6.07) is 17.1. The first-order valence-corrected chi connectivity index (χ1v) is 14.5. The zero-order chi connectivity index (χ0) is 32.4. The Morgan fingerprint density at radius 2 is 1.51 bits per heavy atom. The smallest absolute Gasteiger partial charge is 0.420 e. The van der Waals surface area contributed by atoms with Crippen LogP contribution in [0.2, 0.25) is 0 Å². The van der Waals surface area contributed by atoms with Crippen molar-refractivity contribution < 1.29 is 37.0 Å². The lowest BCUT2D eigenvalue weighted by Gasteiger charge is -2.34. The maximum atomic E-state index is 13.2. The van der Waals surface area contributed by atoms with Gasteiger partial charge in [-0.2, -0.15) is 13.2 Å². The second kappa shape index (κ2) is 12.8. The first kappa shape index (κ1) is 31.8. The monoisotopic (exact) mass is 624 g/mol. The van der Waals surface area contributed by atoms with E-state index in [2.05, 4.69) is 9.88 Å². The van der Waals surface area contributed by atoms with Gasteiger partial charge in [-0.05, 0) is 74.9 Å². The lowest BCUT2D eigenvalue weighted by Crippen LogP contribution is -2.48. The highest BCUT2D eigenvalue weighted by Gasteiger charge is 2.30. The third-order valence-corrected chi connectivity index (χ3v) is 7.32. The van der Waals surface area contributed by atoms with E-state index in [1.807, 2.05) is 0 Å². The Morgan fingerprint density at radius 1 is 0.867 bits per heavy atom. The zero-order valence-electron chi connectivity index (χ0n) is 25.6. The number of fused-ring (bicyclic) bond motifs is 1. The zero-order valence-corrected chi connectivity index (χ0v) is 25.6. The van der Waals surface area contributed by atoms with Crippen LogP contribution in [0.15, 0.2) is 66.7 Å². The number of ether oxygens (including phenoxy) is 3. The molecule has 0 aliphatic carbocycles. The number of halogens is 3. The van der Waals surface area contributed by atoms with Crippen LogP contribution in [0.4, 0.5) is 18.0 Å². The van der Waals surface area contributed by atoms with Gasteiger partial charge in [-0.1, -0.05) is 12.1 Å². The first-order chi connectivity index (χ1) is 21.3. The molecule has 238 valence electrons. The Bertz CT molecular complexity index is 1650. The first-order valence-electron chi connectivity index (χ1n) is 14.5. The van der Waals surface area contributed by atoms with Crippen LogP contribution in [-0.4, -0.2) is 70.2 Å². The second-order valence-electron chi connectivity index (χ2n) is 11.8. The molecule has 1 aliphatic heterocycles. The van der Waals surface area contributed by atoms with E-state index in [1.54, 1.807) is 75.2 Å². The van der Waals surface area contributed by atoms with Crippen LogP contribution >= 0.6 is 0 Å². The van der Waals surface area contributed by atoms with E-state index in [-0.39, 0.29) is 12.5 Å². The quantitative estimate of drug-likeness (QED) is 0.236. The van der Waals surface area contributed by atoms with Gasteiger partial charge in [0.05, 0.1) is 23.7 Å². The molecule has 1 aliphatic rings. The Hall–Kier alpha value is -4.58. The van der Waals surface area contributed by atoms with Crippen LogP contribution < -0.4 is 9.47 Å². The van der Waals surface area contributed by atoms with E-state index >= 15 is 0 Å². The van der Waals surface area contributed by atoms with Crippen LogP contribution in [0, 0.1) is 0 Å². The van der Waals surface area contributed by atoms with E-state index in [1.165, 1.54) is 16.7 Å². The molecular formula is C33H35F3N4O5. The minimum absolute atomic E-state index is 0.0234. The summed E-state index contributed by atoms with van der Waals surface area (Å²) in [6.45, 7) is 8.08. The molecule has 0 radical (unpaired) electrons. The molecule has 12 heteroatoms. The van der Waals surface area contributed by atoms with Gasteiger partial charge in [0.2, 0.25) is 0 Å². The molecule has 0 bridgehead atoms. The molecule has 0 atom stereocenters. The fourth-order valence-electron chi connectivity index (χ4n) is 5.04. The Balaban J connectivity index is 1.19. The molecular weight excluding hydrogens is 589 g/mol.